The molecule has 0 aliphatic carbocycles. The third-order valence-electron chi connectivity index (χ3n) is 3.55. The van der Waals surface area contributed by atoms with Crippen LogP contribution >= 0.6 is 0 Å². The molecule has 0 saturated carbocycles. The minimum atomic E-state index is -3.50. The van der Waals surface area contributed by atoms with E-state index in [1.807, 2.05) is 7.05 Å². The van der Waals surface area contributed by atoms with Crippen LogP contribution in [0, 0.1) is 0 Å². The molecule has 0 aromatic heterocycles. The number of hydrogen-bond acceptors (Lipinski definition) is 4. The molecule has 122 valence electrons. The fourth-order valence-electron chi connectivity index (χ4n) is 1.71. The number of nitrogens with one attached hydrogen (secondary N) is 1. The summed E-state index contributed by atoms with van der Waals surface area (Å²) in [6.45, 7) is 13.7. The first-order valence-electron chi connectivity index (χ1n) is 8.10. The molecule has 5 heteroatoms. The molecule has 0 radical (unpaired) electrons. The van der Waals surface area contributed by atoms with Crippen LogP contribution < -0.4 is 5.32 Å². The Balaban J connectivity index is 5.03. The molecule has 0 heterocycles. The van der Waals surface area contributed by atoms with E-state index in [-0.39, 0.29) is 18.3 Å². The second-order valence-electron chi connectivity index (χ2n) is 5.55. The van der Waals surface area contributed by atoms with E-state index in [0.29, 0.717) is 0 Å². The first-order valence-corrected chi connectivity index (χ1v) is 13.6. The predicted octanol–water partition coefficient (Wildman–Crippen LogP) is 3.59. The van der Waals surface area contributed by atoms with Crippen molar-refractivity contribution in [2.75, 3.05) is 13.6 Å². The molecule has 0 aromatic carbocycles. The summed E-state index contributed by atoms with van der Waals surface area (Å²) in [5, 5.41) is 3.21. The number of rotatable bonds is 12. The van der Waals surface area contributed by atoms with Crippen LogP contribution in [-0.4, -0.2) is 51.5 Å². The van der Waals surface area contributed by atoms with E-state index >= 15 is 0 Å². The van der Waals surface area contributed by atoms with Gasteiger partial charge in [0.1, 0.15) is 0 Å². The predicted molar refractivity (Wildman–Crippen MR) is 87.0 cm³/mol. The van der Waals surface area contributed by atoms with Gasteiger partial charge >= 0.3 is 131 Å². The Labute approximate surface area is 131 Å². The van der Waals surface area contributed by atoms with E-state index in [2.05, 4.69) is 46.9 Å². The van der Waals surface area contributed by atoms with Crippen LogP contribution in [0.4, 0.5) is 0 Å². The Hall–Kier alpha value is 0.639. The first kappa shape index (κ1) is 20.6. The van der Waals surface area contributed by atoms with Crippen LogP contribution in [0.2, 0.25) is 4.44 Å². The molecule has 0 bridgehead atoms. The van der Waals surface area contributed by atoms with Gasteiger partial charge in [-0.1, -0.05) is 0 Å². The zero-order chi connectivity index (χ0) is 15.6. The molecule has 1 N–H and O–H groups in total. The van der Waals surface area contributed by atoms with Crippen LogP contribution in [0.15, 0.2) is 0 Å². The van der Waals surface area contributed by atoms with Gasteiger partial charge in [-0.2, -0.15) is 0 Å². The van der Waals surface area contributed by atoms with Gasteiger partial charge in [0, 0.05) is 0 Å². The van der Waals surface area contributed by atoms with Crippen LogP contribution in [0.1, 0.15) is 60.8 Å². The molecule has 3 atom stereocenters. The van der Waals surface area contributed by atoms with Gasteiger partial charge in [0.2, 0.25) is 0 Å². The molecule has 0 spiro atoms. The van der Waals surface area contributed by atoms with Crippen molar-refractivity contribution in [3.8, 4) is 0 Å². The van der Waals surface area contributed by atoms with E-state index in [1.54, 1.807) is 0 Å². The van der Waals surface area contributed by atoms with E-state index in [9.17, 15) is 0 Å². The van der Waals surface area contributed by atoms with Crippen molar-refractivity contribution in [2.45, 2.75) is 83.6 Å². The van der Waals surface area contributed by atoms with Gasteiger partial charge < -0.3 is 0 Å². The molecule has 4 nitrogen and oxygen atoms in total. The summed E-state index contributed by atoms with van der Waals surface area (Å²) in [4.78, 5) is 0. The molecule has 0 rings (SSSR count). The van der Waals surface area contributed by atoms with Crippen molar-refractivity contribution in [1.82, 2.24) is 5.32 Å². The van der Waals surface area contributed by atoms with Gasteiger partial charge in [0.05, 0.1) is 0 Å². The van der Waals surface area contributed by atoms with Crippen LogP contribution in [0.5, 0.6) is 0 Å². The van der Waals surface area contributed by atoms with Gasteiger partial charge in [-0.3, -0.25) is 0 Å². The summed E-state index contributed by atoms with van der Waals surface area (Å²) in [7, 11) is 1.96. The Bertz CT molecular complexity index is 210. The van der Waals surface area contributed by atoms with Gasteiger partial charge in [-0.25, -0.2) is 0 Å². The molecule has 3 unspecified atom stereocenters. The van der Waals surface area contributed by atoms with Crippen molar-refractivity contribution in [1.29, 1.82) is 0 Å². The monoisotopic (exact) mass is 397 g/mol. The Morgan fingerprint density at radius 1 is 0.800 bits per heavy atom. The van der Waals surface area contributed by atoms with E-state index in [4.69, 9.17) is 9.22 Å². The summed E-state index contributed by atoms with van der Waals surface area (Å²) < 4.78 is 20.0. The van der Waals surface area contributed by atoms with E-state index in [0.717, 1.165) is 30.2 Å². The molecule has 0 fully saturated rings. The van der Waals surface area contributed by atoms with Gasteiger partial charge in [-0.05, 0) is 0 Å². The van der Waals surface area contributed by atoms with Crippen LogP contribution in [-0.2, 0) is 9.22 Å². The maximum absolute atomic E-state index is 6.36. The van der Waals surface area contributed by atoms with Gasteiger partial charge in [0.15, 0.2) is 0 Å². The van der Waals surface area contributed by atoms with Crippen molar-refractivity contribution < 1.29 is 9.22 Å². The molecular formula is C15H35NO3Sn. The second kappa shape index (κ2) is 11.2. The Kier molecular flexibility index (Phi) is 11.6. The zero-order valence-corrected chi connectivity index (χ0v) is 17.3. The zero-order valence-electron chi connectivity index (χ0n) is 14.5. The molecule has 0 aliphatic rings. The molecule has 0 saturated heterocycles. The second-order valence-corrected chi connectivity index (χ2v) is 12.9. The summed E-state index contributed by atoms with van der Waals surface area (Å²) in [6, 6.07) is 0. The summed E-state index contributed by atoms with van der Waals surface area (Å²) >= 11 is -3.50. The van der Waals surface area contributed by atoms with Gasteiger partial charge in [0.25, 0.3) is 0 Å². The topological polar surface area (TPSA) is 39.7 Å². The van der Waals surface area contributed by atoms with Crippen molar-refractivity contribution in [3.05, 3.63) is 0 Å². The standard InChI is InChI=1S/3C4H9O.C3H8N.Sn/c3*1-3-4(2)5;1-3-4-2;/h3*4H,3H2,1-2H3;4H,1,3H2,2H3;/q3*-1;;+3. The SMILES string of the molecule is CCC(C)[O][Sn]([CH2]CNC)([O]C(C)CC)[O]C(C)CC. The van der Waals surface area contributed by atoms with Crippen molar-refractivity contribution in [2.24, 2.45) is 0 Å². The van der Waals surface area contributed by atoms with Crippen molar-refractivity contribution >= 4 is 19.6 Å². The van der Waals surface area contributed by atoms with E-state index in [1.165, 1.54) is 0 Å². The molecule has 0 aliphatic heterocycles. The average molecular weight is 396 g/mol. The molecule has 0 amide bonds. The molecule has 0 aromatic rings. The van der Waals surface area contributed by atoms with Crippen molar-refractivity contribution in [3.63, 3.8) is 0 Å². The summed E-state index contributed by atoms with van der Waals surface area (Å²) in [6.07, 6.45) is 3.59. The third-order valence-corrected chi connectivity index (χ3v) is 12.5. The first-order chi connectivity index (χ1) is 9.42. The fourth-order valence-corrected chi connectivity index (χ4v) is 11.5. The van der Waals surface area contributed by atoms with Crippen LogP contribution in [0.3, 0.4) is 0 Å². The normalized spacial score (nSPS) is 19.4. The quantitative estimate of drug-likeness (QED) is 0.512. The summed E-state index contributed by atoms with van der Waals surface area (Å²) in [5.41, 5.74) is 0. The average Bonchev–Trinajstić information content (AvgIpc) is 2.44. The Morgan fingerprint density at radius 2 is 1.15 bits per heavy atom. The third kappa shape index (κ3) is 8.17. The van der Waals surface area contributed by atoms with E-state index < -0.39 is 19.6 Å². The molecule has 20 heavy (non-hydrogen) atoms. The van der Waals surface area contributed by atoms with Gasteiger partial charge in [-0.15, -0.1) is 0 Å². The summed E-state index contributed by atoms with van der Waals surface area (Å²) in [5.74, 6) is 0. The maximum atomic E-state index is 6.36. The minimum absolute atomic E-state index is 0.204. The fraction of sp³-hybridized carbons (Fsp3) is 1.00. The Morgan fingerprint density at radius 3 is 1.40 bits per heavy atom. The number of hydrogen-bond donors (Lipinski definition) is 1. The van der Waals surface area contributed by atoms with Crippen LogP contribution in [0.25, 0.3) is 0 Å². The molecular weight excluding hydrogens is 361 g/mol.